The third kappa shape index (κ3) is 3.89. The minimum absolute atomic E-state index is 0.315. The van der Waals surface area contributed by atoms with Crippen LogP contribution in [0.25, 0.3) is 11.3 Å². The van der Waals surface area contributed by atoms with Crippen LogP contribution < -0.4 is 9.54 Å². The summed E-state index contributed by atoms with van der Waals surface area (Å²) in [6.45, 7) is 1.80. The van der Waals surface area contributed by atoms with Gasteiger partial charge in [-0.15, -0.1) is 11.3 Å². The van der Waals surface area contributed by atoms with Gasteiger partial charge in [-0.1, -0.05) is 12.1 Å². The van der Waals surface area contributed by atoms with E-state index in [0.717, 1.165) is 33.1 Å². The normalized spacial score (nSPS) is 12.6. The quantitative estimate of drug-likeness (QED) is 0.638. The lowest BCUT2D eigenvalue weighted by Crippen LogP contribution is -2.23. The molecule has 0 N–H and O–H groups in total. The molecule has 0 fully saturated rings. The molecule has 8 heteroatoms. The fraction of sp³-hybridized carbons (Fsp3) is 0.250. The molecule has 0 radical (unpaired) electrons. The van der Waals surface area contributed by atoms with E-state index >= 15 is 0 Å². The number of thiazole rings is 1. The van der Waals surface area contributed by atoms with Gasteiger partial charge in [0.25, 0.3) is 0 Å². The van der Waals surface area contributed by atoms with Crippen LogP contribution in [-0.2, 0) is 17.1 Å². The van der Waals surface area contributed by atoms with Crippen molar-refractivity contribution in [2.45, 2.75) is 11.8 Å². The van der Waals surface area contributed by atoms with Gasteiger partial charge in [0.05, 0.1) is 23.4 Å². The molecule has 0 spiro atoms. The summed E-state index contributed by atoms with van der Waals surface area (Å²) >= 11 is 1.50. The molecule has 28 heavy (non-hydrogen) atoms. The van der Waals surface area contributed by atoms with Crippen LogP contribution in [0.2, 0.25) is 0 Å². The Morgan fingerprint density at radius 1 is 1.11 bits per heavy atom. The lowest BCUT2D eigenvalue weighted by molar-refractivity contribution is 0.415. The second-order valence-electron chi connectivity index (χ2n) is 6.54. The summed E-state index contributed by atoms with van der Waals surface area (Å²) in [6.07, 6.45) is 0. The van der Waals surface area contributed by atoms with Crippen molar-refractivity contribution in [1.82, 2.24) is 8.87 Å². The average molecular weight is 418 g/mol. The molecule has 0 saturated heterocycles. The molecule has 0 aliphatic rings. The third-order valence-corrected chi connectivity index (χ3v) is 7.34. The van der Waals surface area contributed by atoms with Crippen LogP contribution in [0.3, 0.4) is 0 Å². The van der Waals surface area contributed by atoms with Crippen molar-refractivity contribution in [2.24, 2.45) is 12.0 Å². The largest absolute Gasteiger partial charge is 0.497 e. The summed E-state index contributed by atoms with van der Waals surface area (Å²) in [7, 11) is 3.13. The Kier molecular flexibility index (Phi) is 5.74. The number of rotatable bonds is 5. The molecule has 3 aromatic rings. The Labute approximate surface area is 169 Å². The maximum atomic E-state index is 12.6. The maximum absolute atomic E-state index is 12.6. The van der Waals surface area contributed by atoms with Crippen molar-refractivity contribution < 1.29 is 13.2 Å². The third-order valence-electron chi connectivity index (χ3n) is 4.46. The minimum Gasteiger partial charge on any atom is -0.497 e. The van der Waals surface area contributed by atoms with Crippen molar-refractivity contribution in [1.29, 1.82) is 0 Å². The molecule has 2 aromatic carbocycles. The van der Waals surface area contributed by atoms with Crippen LogP contribution in [0.15, 0.2) is 57.7 Å². The van der Waals surface area contributed by atoms with E-state index in [1.165, 1.54) is 29.7 Å². The number of ether oxygens (including phenoxy) is 1. The average Bonchev–Trinajstić information content (AvgIpc) is 3.03. The SMILES string of the molecule is COc1ccc(N=c2scc(-c3ccc(C)c(S(=O)(=O)N(C)C)c3)n2C)cc1. The first-order chi connectivity index (χ1) is 13.2. The number of nitrogens with zero attached hydrogens (tertiary/aromatic N) is 3. The Bertz CT molecular complexity index is 1160. The molecule has 0 atom stereocenters. The van der Waals surface area contributed by atoms with Crippen LogP contribution >= 0.6 is 11.3 Å². The Morgan fingerprint density at radius 3 is 2.39 bits per heavy atom. The maximum Gasteiger partial charge on any atom is 0.242 e. The first-order valence-corrected chi connectivity index (χ1v) is 10.9. The summed E-state index contributed by atoms with van der Waals surface area (Å²) in [4.78, 5) is 5.81. The smallest absolute Gasteiger partial charge is 0.242 e. The van der Waals surface area contributed by atoms with Crippen LogP contribution in [0, 0.1) is 6.92 Å². The fourth-order valence-corrected chi connectivity index (χ4v) is 4.80. The summed E-state index contributed by atoms with van der Waals surface area (Å²) in [5.41, 5.74) is 3.29. The first-order valence-electron chi connectivity index (χ1n) is 8.61. The topological polar surface area (TPSA) is 63.9 Å². The monoisotopic (exact) mass is 417 g/mol. The Morgan fingerprint density at radius 2 is 1.79 bits per heavy atom. The van der Waals surface area contributed by atoms with E-state index in [2.05, 4.69) is 4.99 Å². The lowest BCUT2D eigenvalue weighted by Gasteiger charge is -2.15. The van der Waals surface area contributed by atoms with Crippen molar-refractivity contribution >= 4 is 27.0 Å². The summed E-state index contributed by atoms with van der Waals surface area (Å²) in [5, 5.41) is 1.99. The van der Waals surface area contributed by atoms with Crippen molar-refractivity contribution in [3.05, 3.63) is 58.2 Å². The predicted molar refractivity (Wildman–Crippen MR) is 113 cm³/mol. The molecule has 0 bridgehead atoms. The molecular formula is C20H23N3O3S2. The highest BCUT2D eigenvalue weighted by atomic mass is 32.2. The standard InChI is InChI=1S/C20H23N3O3S2/c1-14-6-7-15(12-19(14)28(24,25)22(2)3)18-13-27-20(23(18)4)21-16-8-10-17(26-5)11-9-16/h6-13H,1-5H3. The number of hydrogen-bond acceptors (Lipinski definition) is 5. The number of aryl methyl sites for hydroxylation is 1. The molecule has 3 rings (SSSR count). The molecule has 1 heterocycles. The van der Waals surface area contributed by atoms with E-state index in [1.807, 2.05) is 53.4 Å². The van der Waals surface area contributed by atoms with E-state index < -0.39 is 10.0 Å². The number of aromatic nitrogens is 1. The van der Waals surface area contributed by atoms with Gasteiger partial charge in [-0.2, -0.15) is 0 Å². The molecule has 6 nitrogen and oxygen atoms in total. The zero-order valence-electron chi connectivity index (χ0n) is 16.5. The molecule has 148 valence electrons. The zero-order valence-corrected chi connectivity index (χ0v) is 18.1. The van der Waals surface area contributed by atoms with E-state index in [4.69, 9.17) is 4.74 Å². The second-order valence-corrected chi connectivity index (χ2v) is 9.50. The van der Waals surface area contributed by atoms with Gasteiger partial charge in [-0.05, 0) is 42.8 Å². The predicted octanol–water partition coefficient (Wildman–Crippen LogP) is 3.55. The molecule has 0 saturated carbocycles. The van der Waals surface area contributed by atoms with E-state index in [0.29, 0.717) is 4.90 Å². The Balaban J connectivity index is 2.06. The van der Waals surface area contributed by atoms with Crippen molar-refractivity contribution in [3.8, 4) is 17.0 Å². The van der Waals surface area contributed by atoms with Gasteiger partial charge in [-0.3, -0.25) is 0 Å². The van der Waals surface area contributed by atoms with Crippen molar-refractivity contribution in [2.75, 3.05) is 21.2 Å². The van der Waals surface area contributed by atoms with Crippen LogP contribution in [0.5, 0.6) is 5.75 Å². The summed E-state index contributed by atoms with van der Waals surface area (Å²) in [5.74, 6) is 0.782. The number of benzene rings is 2. The van der Waals surface area contributed by atoms with Gasteiger partial charge in [0.15, 0.2) is 4.80 Å². The number of sulfonamides is 1. The highest BCUT2D eigenvalue weighted by Gasteiger charge is 2.20. The van der Waals surface area contributed by atoms with Gasteiger partial charge < -0.3 is 9.30 Å². The second kappa shape index (κ2) is 7.90. The van der Waals surface area contributed by atoms with E-state index in [9.17, 15) is 8.42 Å². The molecular weight excluding hydrogens is 394 g/mol. The van der Waals surface area contributed by atoms with Crippen LogP contribution in [-0.4, -0.2) is 38.5 Å². The van der Waals surface area contributed by atoms with Gasteiger partial charge in [0.2, 0.25) is 10.0 Å². The highest BCUT2D eigenvalue weighted by Crippen LogP contribution is 2.27. The van der Waals surface area contributed by atoms with Gasteiger partial charge in [0.1, 0.15) is 5.75 Å². The highest BCUT2D eigenvalue weighted by molar-refractivity contribution is 7.89. The van der Waals surface area contributed by atoms with Crippen LogP contribution in [0.1, 0.15) is 5.56 Å². The molecule has 1 aromatic heterocycles. The van der Waals surface area contributed by atoms with E-state index in [-0.39, 0.29) is 0 Å². The molecule has 0 amide bonds. The fourth-order valence-electron chi connectivity index (χ4n) is 2.73. The van der Waals surface area contributed by atoms with Crippen LogP contribution in [0.4, 0.5) is 5.69 Å². The number of hydrogen-bond donors (Lipinski definition) is 0. The van der Waals surface area contributed by atoms with E-state index in [1.54, 1.807) is 20.1 Å². The Hall–Kier alpha value is -2.42. The lowest BCUT2D eigenvalue weighted by atomic mass is 10.1. The number of methoxy groups -OCH3 is 1. The zero-order chi connectivity index (χ0) is 20.5. The van der Waals surface area contributed by atoms with Gasteiger partial charge >= 0.3 is 0 Å². The molecule has 0 aliphatic carbocycles. The molecule has 0 aliphatic heterocycles. The molecule has 0 unspecified atom stereocenters. The first kappa shape index (κ1) is 20.3. The van der Waals surface area contributed by atoms with Gasteiger partial charge in [0, 0.05) is 32.1 Å². The minimum atomic E-state index is -3.51. The summed E-state index contributed by atoms with van der Waals surface area (Å²) < 4.78 is 33.6. The van der Waals surface area contributed by atoms with Gasteiger partial charge in [-0.25, -0.2) is 17.7 Å². The van der Waals surface area contributed by atoms with Crippen molar-refractivity contribution in [3.63, 3.8) is 0 Å². The summed E-state index contributed by atoms with van der Waals surface area (Å²) in [6, 6.07) is 13.0.